The second kappa shape index (κ2) is 6.24. The van der Waals surface area contributed by atoms with Crippen LogP contribution >= 0.6 is 11.3 Å². The molecule has 0 aliphatic carbocycles. The molecule has 1 aliphatic heterocycles. The summed E-state index contributed by atoms with van der Waals surface area (Å²) in [5.74, 6) is -0.373. The Hall–Kier alpha value is -1.02. The normalized spacial score (nSPS) is 19.8. The highest BCUT2D eigenvalue weighted by Crippen LogP contribution is 2.26. The molecule has 1 unspecified atom stereocenters. The van der Waals surface area contributed by atoms with Gasteiger partial charge in [-0.05, 0) is 0 Å². The monoisotopic (exact) mass is 272 g/mol. The molecule has 6 nitrogen and oxygen atoms in total. The fourth-order valence-corrected chi connectivity index (χ4v) is 2.78. The Kier molecular flexibility index (Phi) is 4.65. The van der Waals surface area contributed by atoms with Crippen molar-refractivity contribution < 1.29 is 19.0 Å². The molecule has 0 radical (unpaired) electrons. The zero-order valence-electron chi connectivity index (χ0n) is 10.4. The highest BCUT2D eigenvalue weighted by molar-refractivity contribution is 7.13. The van der Waals surface area contributed by atoms with Crippen molar-refractivity contribution in [2.75, 3.05) is 34.0 Å². The molecule has 1 aromatic rings. The molecule has 1 aliphatic rings. The van der Waals surface area contributed by atoms with Crippen LogP contribution in [-0.4, -0.2) is 44.9 Å². The molecule has 1 aromatic heterocycles. The van der Waals surface area contributed by atoms with Crippen LogP contribution in [0.25, 0.3) is 0 Å². The summed E-state index contributed by atoms with van der Waals surface area (Å²) in [5, 5.41) is 4.14. The summed E-state index contributed by atoms with van der Waals surface area (Å²) in [6, 6.07) is 0.0396. The van der Waals surface area contributed by atoms with Crippen molar-refractivity contribution >= 4 is 17.3 Å². The number of aromatic nitrogens is 1. The molecule has 1 saturated heterocycles. The molecule has 2 heterocycles. The highest BCUT2D eigenvalue weighted by Gasteiger charge is 2.24. The van der Waals surface area contributed by atoms with Crippen LogP contribution in [0.1, 0.15) is 26.4 Å². The van der Waals surface area contributed by atoms with E-state index < -0.39 is 0 Å². The van der Waals surface area contributed by atoms with E-state index in [2.05, 4.69) is 10.3 Å². The standard InChI is InChI=1S/C11H16N2O4S/c1-15-5-7-9(11(14)16-2)18-10(13-7)8-6-17-4-3-12-8/h8,12H,3-6H2,1-2H3. The molecular formula is C11H16N2O4S. The predicted molar refractivity (Wildman–Crippen MR) is 65.7 cm³/mol. The summed E-state index contributed by atoms with van der Waals surface area (Å²) in [6.45, 7) is 2.36. The molecule has 100 valence electrons. The third-order valence-corrected chi connectivity index (χ3v) is 3.78. The van der Waals surface area contributed by atoms with Crippen molar-refractivity contribution in [1.29, 1.82) is 0 Å². The van der Waals surface area contributed by atoms with Crippen molar-refractivity contribution in [3.05, 3.63) is 15.6 Å². The summed E-state index contributed by atoms with van der Waals surface area (Å²) in [5.41, 5.74) is 0.622. The van der Waals surface area contributed by atoms with E-state index in [1.165, 1.54) is 18.4 Å². The number of nitrogens with one attached hydrogen (secondary N) is 1. The maximum atomic E-state index is 11.6. The van der Waals surface area contributed by atoms with Crippen LogP contribution in [0.4, 0.5) is 0 Å². The number of nitrogens with zero attached hydrogens (tertiary/aromatic N) is 1. The van der Waals surface area contributed by atoms with Crippen LogP contribution in [0.5, 0.6) is 0 Å². The minimum Gasteiger partial charge on any atom is -0.465 e. The third kappa shape index (κ3) is 2.86. The van der Waals surface area contributed by atoms with Crippen molar-refractivity contribution in [1.82, 2.24) is 10.3 Å². The van der Waals surface area contributed by atoms with Crippen molar-refractivity contribution in [3.63, 3.8) is 0 Å². The molecule has 1 N–H and O–H groups in total. The Labute approximate surface area is 109 Å². The minimum absolute atomic E-state index is 0.0396. The van der Waals surface area contributed by atoms with E-state index in [0.29, 0.717) is 30.4 Å². The molecule has 0 amide bonds. The topological polar surface area (TPSA) is 69.7 Å². The first kappa shape index (κ1) is 13.4. The van der Waals surface area contributed by atoms with E-state index in [0.717, 1.165) is 11.6 Å². The Morgan fingerprint density at radius 3 is 3.06 bits per heavy atom. The lowest BCUT2D eigenvalue weighted by atomic mass is 10.3. The fraction of sp³-hybridized carbons (Fsp3) is 0.636. The fourth-order valence-electron chi connectivity index (χ4n) is 1.73. The number of thiazole rings is 1. The van der Waals surface area contributed by atoms with Gasteiger partial charge in [0.05, 0.1) is 38.7 Å². The molecule has 7 heteroatoms. The van der Waals surface area contributed by atoms with Gasteiger partial charge in [-0.25, -0.2) is 9.78 Å². The molecular weight excluding hydrogens is 256 g/mol. The number of rotatable bonds is 4. The van der Waals surface area contributed by atoms with Crippen LogP contribution in [0.15, 0.2) is 0 Å². The van der Waals surface area contributed by atoms with E-state index in [-0.39, 0.29) is 12.0 Å². The summed E-state index contributed by atoms with van der Waals surface area (Å²) in [4.78, 5) is 16.6. The number of esters is 1. The minimum atomic E-state index is -0.373. The Morgan fingerprint density at radius 1 is 1.61 bits per heavy atom. The SMILES string of the molecule is COCc1nc(C2COCCN2)sc1C(=O)OC. The molecule has 0 bridgehead atoms. The predicted octanol–water partition coefficient (Wildman–Crippen LogP) is 0.737. The number of hydrogen-bond acceptors (Lipinski definition) is 7. The summed E-state index contributed by atoms with van der Waals surface area (Å²) in [6.07, 6.45) is 0. The van der Waals surface area contributed by atoms with Crippen LogP contribution < -0.4 is 5.32 Å². The van der Waals surface area contributed by atoms with Crippen LogP contribution in [0, 0.1) is 0 Å². The van der Waals surface area contributed by atoms with E-state index >= 15 is 0 Å². The third-order valence-electron chi connectivity index (χ3n) is 2.59. The van der Waals surface area contributed by atoms with Crippen LogP contribution in [0.2, 0.25) is 0 Å². The number of carbonyl (C=O) groups excluding carboxylic acids is 1. The Morgan fingerprint density at radius 2 is 2.44 bits per heavy atom. The van der Waals surface area contributed by atoms with Gasteiger partial charge in [0.1, 0.15) is 9.88 Å². The zero-order valence-corrected chi connectivity index (χ0v) is 11.2. The van der Waals surface area contributed by atoms with Gasteiger partial charge in [0, 0.05) is 13.7 Å². The molecule has 0 spiro atoms. The van der Waals surface area contributed by atoms with Gasteiger partial charge in [0.25, 0.3) is 0 Å². The second-order valence-corrected chi connectivity index (χ2v) is 4.86. The van der Waals surface area contributed by atoms with Gasteiger partial charge in [0.2, 0.25) is 0 Å². The maximum Gasteiger partial charge on any atom is 0.350 e. The van der Waals surface area contributed by atoms with Crippen molar-refractivity contribution in [2.45, 2.75) is 12.6 Å². The largest absolute Gasteiger partial charge is 0.465 e. The molecule has 0 aromatic carbocycles. The average Bonchev–Trinajstić information content (AvgIpc) is 2.83. The van der Waals surface area contributed by atoms with E-state index in [1.54, 1.807) is 7.11 Å². The number of carbonyl (C=O) groups is 1. The van der Waals surface area contributed by atoms with Gasteiger partial charge in [-0.3, -0.25) is 0 Å². The van der Waals surface area contributed by atoms with Gasteiger partial charge in [-0.2, -0.15) is 0 Å². The first-order chi connectivity index (χ1) is 8.76. The number of hydrogen-bond donors (Lipinski definition) is 1. The van der Waals surface area contributed by atoms with Gasteiger partial charge in [-0.1, -0.05) is 0 Å². The zero-order chi connectivity index (χ0) is 13.0. The first-order valence-corrected chi connectivity index (χ1v) is 6.46. The lowest BCUT2D eigenvalue weighted by molar-refractivity contribution is 0.0601. The molecule has 1 atom stereocenters. The Balaban J connectivity index is 2.23. The maximum absolute atomic E-state index is 11.6. The first-order valence-electron chi connectivity index (χ1n) is 5.64. The van der Waals surface area contributed by atoms with E-state index in [4.69, 9.17) is 14.2 Å². The smallest absolute Gasteiger partial charge is 0.350 e. The van der Waals surface area contributed by atoms with E-state index in [9.17, 15) is 4.79 Å². The quantitative estimate of drug-likeness (QED) is 0.815. The number of ether oxygens (including phenoxy) is 3. The van der Waals surface area contributed by atoms with Gasteiger partial charge in [0.15, 0.2) is 0 Å². The Bertz CT molecular complexity index is 415. The number of morpholine rings is 1. The van der Waals surface area contributed by atoms with Gasteiger partial charge >= 0.3 is 5.97 Å². The molecule has 1 fully saturated rings. The summed E-state index contributed by atoms with van der Waals surface area (Å²) >= 11 is 1.33. The average molecular weight is 272 g/mol. The van der Waals surface area contributed by atoms with Crippen molar-refractivity contribution in [3.8, 4) is 0 Å². The molecule has 2 rings (SSSR count). The lowest BCUT2D eigenvalue weighted by Gasteiger charge is -2.21. The second-order valence-electron chi connectivity index (χ2n) is 3.83. The summed E-state index contributed by atoms with van der Waals surface area (Å²) < 4.78 is 15.2. The molecule has 18 heavy (non-hydrogen) atoms. The van der Waals surface area contributed by atoms with Crippen LogP contribution in [-0.2, 0) is 20.8 Å². The van der Waals surface area contributed by atoms with E-state index in [1.807, 2.05) is 0 Å². The van der Waals surface area contributed by atoms with Gasteiger partial charge in [-0.15, -0.1) is 11.3 Å². The van der Waals surface area contributed by atoms with Crippen LogP contribution in [0.3, 0.4) is 0 Å². The number of methoxy groups -OCH3 is 2. The van der Waals surface area contributed by atoms with Gasteiger partial charge < -0.3 is 19.5 Å². The highest BCUT2D eigenvalue weighted by atomic mass is 32.1. The summed E-state index contributed by atoms with van der Waals surface area (Å²) in [7, 11) is 2.93. The lowest BCUT2D eigenvalue weighted by Crippen LogP contribution is -2.34. The molecule has 0 saturated carbocycles. The van der Waals surface area contributed by atoms with Crippen molar-refractivity contribution in [2.24, 2.45) is 0 Å².